The second-order valence-corrected chi connectivity index (χ2v) is 7.19. The first kappa shape index (κ1) is 19.7. The third-order valence-corrected chi connectivity index (χ3v) is 5.29. The van der Waals surface area contributed by atoms with Crippen molar-refractivity contribution in [1.82, 2.24) is 20.4 Å². The van der Waals surface area contributed by atoms with E-state index in [1.54, 1.807) is 12.0 Å². The highest BCUT2D eigenvalue weighted by Crippen LogP contribution is 2.37. The second kappa shape index (κ2) is 8.02. The number of allylic oxidation sites excluding steroid dienone is 1. The van der Waals surface area contributed by atoms with Crippen LogP contribution < -0.4 is 10.1 Å². The molecule has 1 atom stereocenters. The van der Waals surface area contributed by atoms with Gasteiger partial charge in [-0.15, -0.1) is 0 Å². The number of methoxy groups -OCH3 is 1. The second-order valence-electron chi connectivity index (χ2n) is 7.19. The fraction of sp³-hybridized carbons (Fsp3) is 0.261. The predicted molar refractivity (Wildman–Crippen MR) is 114 cm³/mol. The molecule has 2 amide bonds. The molecule has 1 aliphatic rings. The van der Waals surface area contributed by atoms with E-state index in [2.05, 4.69) is 15.5 Å². The molecule has 0 fully saturated rings. The minimum atomic E-state index is -0.406. The van der Waals surface area contributed by atoms with E-state index in [0.29, 0.717) is 18.3 Å². The van der Waals surface area contributed by atoms with Crippen molar-refractivity contribution in [3.8, 4) is 17.1 Å². The van der Waals surface area contributed by atoms with Gasteiger partial charge >= 0.3 is 6.03 Å². The van der Waals surface area contributed by atoms with Crippen LogP contribution in [0.4, 0.5) is 4.79 Å². The van der Waals surface area contributed by atoms with Gasteiger partial charge in [-0.25, -0.2) is 4.79 Å². The molecule has 0 saturated heterocycles. The van der Waals surface area contributed by atoms with Gasteiger partial charge in [0.25, 0.3) is 5.89 Å². The number of hydrogen-bond donors (Lipinski definition) is 1. The van der Waals surface area contributed by atoms with E-state index in [9.17, 15) is 4.79 Å². The molecule has 154 valence electrons. The molecular formula is C23H24N4O3. The predicted octanol–water partition coefficient (Wildman–Crippen LogP) is 4.57. The highest BCUT2D eigenvalue weighted by Gasteiger charge is 2.35. The van der Waals surface area contributed by atoms with Crippen molar-refractivity contribution in [3.63, 3.8) is 0 Å². The molecule has 7 heteroatoms. The lowest BCUT2D eigenvalue weighted by Gasteiger charge is -2.34. The lowest BCUT2D eigenvalue weighted by Crippen LogP contribution is -2.45. The Morgan fingerprint density at radius 2 is 1.93 bits per heavy atom. The summed E-state index contributed by atoms with van der Waals surface area (Å²) in [6.45, 7) is 6.40. The summed E-state index contributed by atoms with van der Waals surface area (Å²) >= 11 is 0. The molecule has 2 aromatic carbocycles. The molecule has 2 heterocycles. The third-order valence-electron chi connectivity index (χ3n) is 5.29. The standard InChI is InChI=1S/C23H24N4O3/c1-5-27-15(3)19(20(24-23(27)28)16-9-11-18(29-4)12-10-16)22-25-21(26-30-22)17-8-6-7-14(2)13-17/h6-13,20H,5H2,1-4H3,(H,24,28). The Labute approximate surface area is 175 Å². The van der Waals surface area contributed by atoms with Crippen LogP contribution in [0.1, 0.15) is 36.9 Å². The van der Waals surface area contributed by atoms with Crippen molar-refractivity contribution < 1.29 is 14.1 Å². The number of hydrogen-bond acceptors (Lipinski definition) is 5. The lowest BCUT2D eigenvalue weighted by molar-refractivity contribution is 0.207. The van der Waals surface area contributed by atoms with Crippen LogP contribution in [0.3, 0.4) is 0 Å². The molecule has 0 radical (unpaired) electrons. The maximum atomic E-state index is 12.7. The Balaban J connectivity index is 1.80. The quantitative estimate of drug-likeness (QED) is 0.674. The summed E-state index contributed by atoms with van der Waals surface area (Å²) in [5.74, 6) is 1.66. The lowest BCUT2D eigenvalue weighted by atomic mass is 9.94. The van der Waals surface area contributed by atoms with Crippen molar-refractivity contribution in [2.24, 2.45) is 0 Å². The first-order valence-corrected chi connectivity index (χ1v) is 9.85. The van der Waals surface area contributed by atoms with Gasteiger partial charge in [-0.05, 0) is 44.5 Å². The SMILES string of the molecule is CCN1C(=O)NC(c2ccc(OC)cc2)C(c2nc(-c3cccc(C)c3)no2)=C1C. The smallest absolute Gasteiger partial charge is 0.322 e. The number of aryl methyl sites for hydroxylation is 1. The molecule has 1 aromatic heterocycles. The van der Waals surface area contributed by atoms with Crippen molar-refractivity contribution >= 4 is 11.6 Å². The zero-order chi connectivity index (χ0) is 21.3. The van der Waals surface area contributed by atoms with Crippen molar-refractivity contribution in [2.45, 2.75) is 26.8 Å². The van der Waals surface area contributed by atoms with Gasteiger partial charge in [0.15, 0.2) is 0 Å². The van der Waals surface area contributed by atoms with Gasteiger partial charge in [0, 0.05) is 17.8 Å². The zero-order valence-corrected chi connectivity index (χ0v) is 17.5. The Hall–Kier alpha value is -3.61. The summed E-state index contributed by atoms with van der Waals surface area (Å²) in [4.78, 5) is 19.0. The van der Waals surface area contributed by atoms with Crippen LogP contribution in [0.25, 0.3) is 17.0 Å². The molecule has 1 unspecified atom stereocenters. The zero-order valence-electron chi connectivity index (χ0n) is 17.5. The van der Waals surface area contributed by atoms with Gasteiger partial charge in [-0.1, -0.05) is 41.1 Å². The Morgan fingerprint density at radius 3 is 2.60 bits per heavy atom. The summed E-state index contributed by atoms with van der Waals surface area (Å²) in [5.41, 5.74) is 4.49. The van der Waals surface area contributed by atoms with Gasteiger partial charge in [0.2, 0.25) is 5.82 Å². The molecule has 3 aromatic rings. The molecular weight excluding hydrogens is 380 g/mol. The van der Waals surface area contributed by atoms with Crippen LogP contribution in [0.15, 0.2) is 58.8 Å². The minimum absolute atomic E-state index is 0.155. The molecule has 4 rings (SSSR count). The minimum Gasteiger partial charge on any atom is -0.497 e. The van der Waals surface area contributed by atoms with E-state index in [4.69, 9.17) is 9.26 Å². The van der Waals surface area contributed by atoms with E-state index in [0.717, 1.165) is 33.7 Å². The summed E-state index contributed by atoms with van der Waals surface area (Å²) in [6.07, 6.45) is 0. The number of urea groups is 1. The maximum Gasteiger partial charge on any atom is 0.322 e. The number of benzene rings is 2. The van der Waals surface area contributed by atoms with Crippen LogP contribution in [0, 0.1) is 6.92 Å². The Kier molecular flexibility index (Phi) is 5.27. The van der Waals surface area contributed by atoms with Crippen LogP contribution in [-0.4, -0.2) is 34.7 Å². The summed E-state index contributed by atoms with van der Waals surface area (Å²) in [6, 6.07) is 15.0. The van der Waals surface area contributed by atoms with E-state index in [-0.39, 0.29) is 6.03 Å². The number of ether oxygens (including phenoxy) is 1. The van der Waals surface area contributed by atoms with Gasteiger partial charge in [-0.3, -0.25) is 4.90 Å². The highest BCUT2D eigenvalue weighted by molar-refractivity contribution is 5.86. The van der Waals surface area contributed by atoms with Gasteiger partial charge < -0.3 is 14.6 Å². The van der Waals surface area contributed by atoms with Crippen LogP contribution in [-0.2, 0) is 0 Å². The number of rotatable bonds is 5. The maximum absolute atomic E-state index is 12.7. The average molecular weight is 404 g/mol. The van der Waals surface area contributed by atoms with Gasteiger partial charge in [0.1, 0.15) is 5.75 Å². The van der Waals surface area contributed by atoms with E-state index >= 15 is 0 Å². The molecule has 30 heavy (non-hydrogen) atoms. The van der Waals surface area contributed by atoms with Crippen LogP contribution in [0.2, 0.25) is 0 Å². The van der Waals surface area contributed by atoms with Crippen molar-refractivity contribution in [1.29, 1.82) is 0 Å². The number of amides is 2. The molecule has 0 spiro atoms. The van der Waals surface area contributed by atoms with E-state index in [1.807, 2.05) is 69.3 Å². The number of carbonyl (C=O) groups excluding carboxylic acids is 1. The highest BCUT2D eigenvalue weighted by atomic mass is 16.5. The molecule has 1 aliphatic heterocycles. The summed E-state index contributed by atoms with van der Waals surface area (Å²) in [7, 11) is 1.62. The summed E-state index contributed by atoms with van der Waals surface area (Å²) < 4.78 is 10.9. The van der Waals surface area contributed by atoms with Crippen LogP contribution >= 0.6 is 0 Å². The molecule has 1 N–H and O–H groups in total. The summed E-state index contributed by atoms with van der Waals surface area (Å²) in [5, 5.41) is 7.26. The fourth-order valence-electron chi connectivity index (χ4n) is 3.72. The number of carbonyl (C=O) groups is 1. The Bertz CT molecular complexity index is 1100. The first-order valence-electron chi connectivity index (χ1n) is 9.85. The molecule has 0 saturated carbocycles. The van der Waals surface area contributed by atoms with Gasteiger partial charge in [0.05, 0.1) is 18.7 Å². The topological polar surface area (TPSA) is 80.5 Å². The normalized spacial score (nSPS) is 16.6. The monoisotopic (exact) mass is 404 g/mol. The van der Waals surface area contributed by atoms with E-state index in [1.165, 1.54) is 0 Å². The van der Waals surface area contributed by atoms with Crippen molar-refractivity contribution in [2.75, 3.05) is 13.7 Å². The molecule has 7 nitrogen and oxygen atoms in total. The third kappa shape index (κ3) is 3.54. The molecule has 0 bridgehead atoms. The van der Waals surface area contributed by atoms with E-state index < -0.39 is 6.04 Å². The van der Waals surface area contributed by atoms with Crippen molar-refractivity contribution in [3.05, 3.63) is 71.2 Å². The Morgan fingerprint density at radius 1 is 1.17 bits per heavy atom. The molecule has 0 aliphatic carbocycles. The first-order chi connectivity index (χ1) is 14.5. The van der Waals surface area contributed by atoms with Gasteiger partial charge in [-0.2, -0.15) is 4.98 Å². The largest absolute Gasteiger partial charge is 0.497 e. The fourth-order valence-corrected chi connectivity index (χ4v) is 3.72. The number of nitrogens with zero attached hydrogens (tertiary/aromatic N) is 3. The number of nitrogens with one attached hydrogen (secondary N) is 1. The average Bonchev–Trinajstić information content (AvgIpc) is 3.23. The number of aromatic nitrogens is 2. The van der Waals surface area contributed by atoms with Crippen LogP contribution in [0.5, 0.6) is 5.75 Å².